The molecule has 0 aliphatic carbocycles. The first-order valence-corrected chi connectivity index (χ1v) is 7.46. The number of aryl methyl sites for hydroxylation is 2. The van der Waals surface area contributed by atoms with Crippen LogP contribution in [0.3, 0.4) is 0 Å². The van der Waals surface area contributed by atoms with E-state index in [0.717, 1.165) is 29.0 Å². The molecule has 0 saturated carbocycles. The topological polar surface area (TPSA) is 21.1 Å². The molecule has 0 atom stereocenters. The molecule has 2 rings (SSSR count). The Kier molecular flexibility index (Phi) is 4.94. The van der Waals surface area contributed by atoms with Crippen LogP contribution in [0.1, 0.15) is 23.9 Å². The van der Waals surface area contributed by atoms with Crippen LogP contribution in [-0.2, 0) is 19.6 Å². The van der Waals surface area contributed by atoms with Gasteiger partial charge in [-0.2, -0.15) is 5.10 Å². The first-order chi connectivity index (χ1) is 9.52. The predicted molar refractivity (Wildman–Crippen MR) is 81.9 cm³/mol. The maximum atomic E-state index is 13.7. The highest BCUT2D eigenvalue weighted by Crippen LogP contribution is 2.23. The van der Waals surface area contributed by atoms with Gasteiger partial charge in [-0.05, 0) is 42.9 Å². The lowest BCUT2D eigenvalue weighted by atomic mass is 10.2. The maximum Gasteiger partial charge on any atom is 0.127 e. The van der Waals surface area contributed by atoms with Gasteiger partial charge in [0.25, 0.3) is 0 Å². The summed E-state index contributed by atoms with van der Waals surface area (Å²) in [6.45, 7) is 6.18. The van der Waals surface area contributed by atoms with Crippen molar-refractivity contribution >= 4 is 15.9 Å². The van der Waals surface area contributed by atoms with E-state index in [0.29, 0.717) is 12.1 Å². The van der Waals surface area contributed by atoms with Crippen molar-refractivity contribution in [3.8, 4) is 0 Å². The van der Waals surface area contributed by atoms with Crippen molar-refractivity contribution < 1.29 is 4.39 Å². The van der Waals surface area contributed by atoms with Gasteiger partial charge < -0.3 is 0 Å². The maximum absolute atomic E-state index is 13.7. The fraction of sp³-hybridized carbons (Fsp3) is 0.400. The van der Waals surface area contributed by atoms with E-state index in [4.69, 9.17) is 0 Å². The number of halogens is 2. The van der Waals surface area contributed by atoms with Crippen molar-refractivity contribution in [3.05, 3.63) is 51.5 Å². The highest BCUT2D eigenvalue weighted by Gasteiger charge is 2.14. The van der Waals surface area contributed by atoms with Gasteiger partial charge in [0.15, 0.2) is 0 Å². The Labute approximate surface area is 127 Å². The van der Waals surface area contributed by atoms with Gasteiger partial charge in [-0.15, -0.1) is 0 Å². The zero-order valence-corrected chi connectivity index (χ0v) is 13.6. The summed E-state index contributed by atoms with van der Waals surface area (Å²) in [5.41, 5.74) is 2.83. The van der Waals surface area contributed by atoms with Crippen molar-refractivity contribution in [1.82, 2.24) is 14.7 Å². The Balaban J connectivity index is 2.12. The summed E-state index contributed by atoms with van der Waals surface area (Å²) in [6.07, 6.45) is 0. The van der Waals surface area contributed by atoms with Crippen LogP contribution in [0.15, 0.2) is 28.7 Å². The summed E-state index contributed by atoms with van der Waals surface area (Å²) >= 11 is 3.59. The van der Waals surface area contributed by atoms with Crippen LogP contribution in [0.4, 0.5) is 4.39 Å². The van der Waals surface area contributed by atoms with Crippen molar-refractivity contribution in [2.24, 2.45) is 0 Å². The van der Waals surface area contributed by atoms with Crippen LogP contribution in [-0.4, -0.2) is 21.7 Å². The van der Waals surface area contributed by atoms with Gasteiger partial charge in [-0.1, -0.05) is 18.2 Å². The number of rotatable bonds is 5. The summed E-state index contributed by atoms with van der Waals surface area (Å²) in [4.78, 5) is 2.09. The van der Waals surface area contributed by atoms with E-state index in [1.165, 1.54) is 6.07 Å². The van der Waals surface area contributed by atoms with Crippen LogP contribution in [0.25, 0.3) is 0 Å². The first-order valence-electron chi connectivity index (χ1n) is 6.66. The Hall–Kier alpha value is -1.20. The molecule has 1 aromatic carbocycles. The van der Waals surface area contributed by atoms with Crippen LogP contribution >= 0.6 is 15.9 Å². The van der Waals surface area contributed by atoms with Gasteiger partial charge in [-0.3, -0.25) is 9.58 Å². The predicted octanol–water partition coefficient (Wildman–Crippen LogP) is 3.75. The fourth-order valence-corrected chi connectivity index (χ4v) is 2.66. The number of aromatic nitrogens is 2. The smallest absolute Gasteiger partial charge is 0.127 e. The molecule has 0 unspecified atom stereocenters. The van der Waals surface area contributed by atoms with Gasteiger partial charge in [0.2, 0.25) is 0 Å². The molecule has 108 valence electrons. The largest absolute Gasteiger partial charge is 0.296 e. The van der Waals surface area contributed by atoms with E-state index in [1.54, 1.807) is 6.07 Å². The summed E-state index contributed by atoms with van der Waals surface area (Å²) in [5, 5.41) is 4.48. The summed E-state index contributed by atoms with van der Waals surface area (Å²) < 4.78 is 16.7. The number of benzene rings is 1. The summed E-state index contributed by atoms with van der Waals surface area (Å²) in [5.74, 6) is -0.154. The quantitative estimate of drug-likeness (QED) is 0.827. The lowest BCUT2D eigenvalue weighted by Crippen LogP contribution is -2.20. The Morgan fingerprint density at radius 1 is 1.30 bits per heavy atom. The van der Waals surface area contributed by atoms with Crippen LogP contribution in [0.5, 0.6) is 0 Å². The molecule has 0 N–H and O–H groups in total. The lowest BCUT2D eigenvalue weighted by molar-refractivity contribution is 0.302. The molecule has 0 saturated heterocycles. The average molecular weight is 340 g/mol. The second-order valence-electron chi connectivity index (χ2n) is 4.93. The molecule has 3 nitrogen and oxygen atoms in total. The minimum Gasteiger partial charge on any atom is -0.296 e. The standard InChI is InChI=1S/C15H19BrFN3/c1-4-20-14(15(16)11(2)18-20)10-19(3)9-12-7-5-6-8-13(12)17/h5-8H,4,9-10H2,1-3H3. The molecule has 0 amide bonds. The van der Waals surface area contributed by atoms with E-state index >= 15 is 0 Å². The summed E-state index contributed by atoms with van der Waals surface area (Å²) in [7, 11) is 1.99. The van der Waals surface area contributed by atoms with Crippen LogP contribution in [0, 0.1) is 12.7 Å². The van der Waals surface area contributed by atoms with E-state index in [2.05, 4.69) is 32.9 Å². The number of hydrogen-bond acceptors (Lipinski definition) is 2. The molecule has 0 aliphatic rings. The molecule has 0 bridgehead atoms. The second kappa shape index (κ2) is 6.50. The summed E-state index contributed by atoms with van der Waals surface area (Å²) in [6, 6.07) is 6.90. The van der Waals surface area contributed by atoms with Crippen LogP contribution < -0.4 is 0 Å². The molecule has 20 heavy (non-hydrogen) atoms. The zero-order valence-electron chi connectivity index (χ0n) is 12.0. The van der Waals surface area contributed by atoms with Gasteiger partial charge in [-0.25, -0.2) is 4.39 Å². The minimum absolute atomic E-state index is 0.154. The van der Waals surface area contributed by atoms with E-state index in [-0.39, 0.29) is 5.82 Å². The van der Waals surface area contributed by atoms with Crippen molar-refractivity contribution in [1.29, 1.82) is 0 Å². The van der Waals surface area contributed by atoms with Crippen molar-refractivity contribution in [2.75, 3.05) is 7.05 Å². The van der Waals surface area contributed by atoms with Gasteiger partial charge in [0.1, 0.15) is 5.82 Å². The minimum atomic E-state index is -0.154. The molecule has 2 aromatic rings. The molecule has 0 aliphatic heterocycles. The molecule has 1 heterocycles. The molecular weight excluding hydrogens is 321 g/mol. The second-order valence-corrected chi connectivity index (χ2v) is 5.72. The fourth-order valence-electron chi connectivity index (χ4n) is 2.25. The third kappa shape index (κ3) is 3.27. The third-order valence-corrected chi connectivity index (χ3v) is 4.30. The van der Waals surface area contributed by atoms with Gasteiger partial charge in [0.05, 0.1) is 15.9 Å². The molecule has 0 spiro atoms. The molecule has 5 heteroatoms. The Bertz CT molecular complexity index is 595. The number of hydrogen-bond donors (Lipinski definition) is 0. The highest BCUT2D eigenvalue weighted by atomic mass is 79.9. The Morgan fingerprint density at radius 3 is 2.65 bits per heavy atom. The third-order valence-electron chi connectivity index (χ3n) is 3.27. The normalized spacial score (nSPS) is 11.3. The van der Waals surface area contributed by atoms with Gasteiger partial charge >= 0.3 is 0 Å². The average Bonchev–Trinajstić information content (AvgIpc) is 2.69. The monoisotopic (exact) mass is 339 g/mol. The Morgan fingerprint density at radius 2 is 2.00 bits per heavy atom. The number of nitrogens with zero attached hydrogens (tertiary/aromatic N) is 3. The highest BCUT2D eigenvalue weighted by molar-refractivity contribution is 9.10. The van der Waals surface area contributed by atoms with E-state index in [1.807, 2.05) is 30.8 Å². The zero-order chi connectivity index (χ0) is 14.7. The van der Waals surface area contributed by atoms with Crippen LogP contribution in [0.2, 0.25) is 0 Å². The SMILES string of the molecule is CCn1nc(C)c(Br)c1CN(C)Cc1ccccc1F. The van der Waals surface area contributed by atoms with Crippen molar-refractivity contribution in [2.45, 2.75) is 33.5 Å². The van der Waals surface area contributed by atoms with E-state index < -0.39 is 0 Å². The molecule has 1 aromatic heterocycles. The molecule has 0 fully saturated rings. The van der Waals surface area contributed by atoms with Gasteiger partial charge in [0, 0.05) is 25.2 Å². The lowest BCUT2D eigenvalue weighted by Gasteiger charge is -2.18. The first kappa shape index (κ1) is 15.2. The molecule has 0 radical (unpaired) electrons. The van der Waals surface area contributed by atoms with E-state index in [9.17, 15) is 4.39 Å². The molecular formula is C15H19BrFN3. The van der Waals surface area contributed by atoms with Crippen molar-refractivity contribution in [3.63, 3.8) is 0 Å².